The van der Waals surface area contributed by atoms with Crippen molar-refractivity contribution < 1.29 is 9.84 Å². The van der Waals surface area contributed by atoms with Gasteiger partial charge in [-0.05, 0) is 32.4 Å². The highest BCUT2D eigenvalue weighted by Gasteiger charge is 2.20. The Morgan fingerprint density at radius 2 is 1.95 bits per heavy atom. The van der Waals surface area contributed by atoms with Gasteiger partial charge in [0.05, 0.1) is 16.9 Å². The van der Waals surface area contributed by atoms with Crippen LogP contribution < -0.4 is 10.5 Å². The molecule has 0 aliphatic heterocycles. The van der Waals surface area contributed by atoms with Crippen LogP contribution in [0.1, 0.15) is 26.3 Å². The number of aromatic nitrogens is 2. The number of nitrogen functional groups attached to an aromatic ring is 1. The Hall–Kier alpha value is -2.01. The molecule has 0 atom stereocenters. The predicted octanol–water partition coefficient (Wildman–Crippen LogP) is 2.17. The van der Waals surface area contributed by atoms with Gasteiger partial charge in [-0.1, -0.05) is 25.1 Å². The van der Waals surface area contributed by atoms with E-state index in [0.29, 0.717) is 11.7 Å². The number of anilines is 1. The lowest BCUT2D eigenvalue weighted by molar-refractivity contribution is 0.0264. The topological polar surface area (TPSA) is 73.3 Å². The third kappa shape index (κ3) is 3.11. The van der Waals surface area contributed by atoms with Gasteiger partial charge < -0.3 is 15.6 Å². The number of hydrogen-bond donors (Lipinski definition) is 2. The highest BCUT2D eigenvalue weighted by molar-refractivity contribution is 5.52. The van der Waals surface area contributed by atoms with Crippen LogP contribution in [0.2, 0.25) is 0 Å². The molecule has 0 bridgehead atoms. The van der Waals surface area contributed by atoms with E-state index in [4.69, 9.17) is 10.5 Å². The molecule has 3 N–H and O–H groups in total. The smallest absolute Gasteiger partial charge is 0.238 e. The van der Waals surface area contributed by atoms with Crippen LogP contribution in [0.4, 0.5) is 5.82 Å². The number of aliphatic hydroxyl groups is 1. The SMILES string of the molecule is CCc1c(OCC(C)(C)O)nn(-c2ccccc2)c1N. The zero-order chi connectivity index (χ0) is 14.8. The van der Waals surface area contributed by atoms with Crippen molar-refractivity contribution in [1.29, 1.82) is 0 Å². The molecule has 1 aromatic carbocycles. The zero-order valence-corrected chi connectivity index (χ0v) is 12.1. The fourth-order valence-electron chi connectivity index (χ4n) is 1.90. The number of para-hydroxylation sites is 1. The molecule has 5 nitrogen and oxygen atoms in total. The third-order valence-electron chi connectivity index (χ3n) is 2.90. The largest absolute Gasteiger partial charge is 0.473 e. The molecule has 0 aliphatic rings. The molecule has 0 amide bonds. The molecule has 0 spiro atoms. The van der Waals surface area contributed by atoms with Gasteiger partial charge in [0.25, 0.3) is 0 Å². The fourth-order valence-corrected chi connectivity index (χ4v) is 1.90. The first-order valence-electron chi connectivity index (χ1n) is 6.70. The van der Waals surface area contributed by atoms with Crippen LogP contribution in [0.3, 0.4) is 0 Å². The number of rotatable bonds is 5. The van der Waals surface area contributed by atoms with Crippen molar-refractivity contribution in [3.63, 3.8) is 0 Å². The van der Waals surface area contributed by atoms with Gasteiger partial charge in [-0.15, -0.1) is 5.10 Å². The minimum atomic E-state index is -0.906. The van der Waals surface area contributed by atoms with Gasteiger partial charge in [-0.2, -0.15) is 0 Å². The van der Waals surface area contributed by atoms with E-state index in [1.807, 2.05) is 37.3 Å². The second kappa shape index (κ2) is 5.54. The first-order chi connectivity index (χ1) is 9.42. The molecule has 0 fully saturated rings. The van der Waals surface area contributed by atoms with E-state index >= 15 is 0 Å². The minimum Gasteiger partial charge on any atom is -0.473 e. The van der Waals surface area contributed by atoms with Gasteiger partial charge in [0.15, 0.2) is 0 Å². The Labute approximate surface area is 119 Å². The maximum Gasteiger partial charge on any atom is 0.238 e. The average Bonchev–Trinajstić information content (AvgIpc) is 2.73. The van der Waals surface area contributed by atoms with Crippen molar-refractivity contribution in [2.45, 2.75) is 32.8 Å². The molecule has 0 unspecified atom stereocenters. The van der Waals surface area contributed by atoms with E-state index in [9.17, 15) is 5.11 Å². The predicted molar refractivity (Wildman–Crippen MR) is 79.1 cm³/mol. The van der Waals surface area contributed by atoms with Gasteiger partial charge in [-0.25, -0.2) is 4.68 Å². The van der Waals surface area contributed by atoms with Crippen LogP contribution in [0.25, 0.3) is 5.69 Å². The van der Waals surface area contributed by atoms with Gasteiger partial charge in [0.2, 0.25) is 5.88 Å². The minimum absolute atomic E-state index is 0.172. The van der Waals surface area contributed by atoms with Gasteiger partial charge in [-0.3, -0.25) is 0 Å². The Morgan fingerprint density at radius 1 is 1.30 bits per heavy atom. The molecule has 0 aliphatic carbocycles. The molecule has 2 aromatic rings. The molecule has 1 aromatic heterocycles. The average molecular weight is 275 g/mol. The second-order valence-corrected chi connectivity index (χ2v) is 5.37. The fraction of sp³-hybridized carbons (Fsp3) is 0.400. The van der Waals surface area contributed by atoms with E-state index in [-0.39, 0.29) is 6.61 Å². The molecule has 20 heavy (non-hydrogen) atoms. The van der Waals surface area contributed by atoms with Crippen molar-refractivity contribution in [2.24, 2.45) is 0 Å². The summed E-state index contributed by atoms with van der Waals surface area (Å²) >= 11 is 0. The maximum absolute atomic E-state index is 9.74. The molecule has 0 radical (unpaired) electrons. The van der Waals surface area contributed by atoms with E-state index in [1.54, 1.807) is 18.5 Å². The lowest BCUT2D eigenvalue weighted by Gasteiger charge is -2.16. The molecule has 5 heteroatoms. The molecule has 108 valence electrons. The highest BCUT2D eigenvalue weighted by Crippen LogP contribution is 2.27. The molecule has 1 heterocycles. The zero-order valence-electron chi connectivity index (χ0n) is 12.1. The molecule has 2 rings (SSSR count). The summed E-state index contributed by atoms with van der Waals surface area (Å²) in [6.45, 7) is 5.55. The molecule has 0 saturated carbocycles. The van der Waals surface area contributed by atoms with Crippen molar-refractivity contribution >= 4 is 5.82 Å². The van der Waals surface area contributed by atoms with Crippen LogP contribution in [-0.4, -0.2) is 27.1 Å². The summed E-state index contributed by atoms with van der Waals surface area (Å²) in [6.07, 6.45) is 0.722. The third-order valence-corrected chi connectivity index (χ3v) is 2.90. The molecular weight excluding hydrogens is 254 g/mol. The van der Waals surface area contributed by atoms with E-state index in [1.165, 1.54) is 0 Å². The van der Waals surface area contributed by atoms with Crippen LogP contribution in [0.15, 0.2) is 30.3 Å². The maximum atomic E-state index is 9.74. The first kappa shape index (κ1) is 14.4. The van der Waals surface area contributed by atoms with Gasteiger partial charge >= 0.3 is 0 Å². The number of nitrogens with zero attached hydrogens (tertiary/aromatic N) is 2. The monoisotopic (exact) mass is 275 g/mol. The normalized spacial score (nSPS) is 11.6. The lowest BCUT2D eigenvalue weighted by Crippen LogP contribution is -2.28. The summed E-state index contributed by atoms with van der Waals surface area (Å²) in [5.41, 5.74) is 6.98. The highest BCUT2D eigenvalue weighted by atomic mass is 16.5. The van der Waals surface area contributed by atoms with Crippen molar-refractivity contribution in [3.8, 4) is 11.6 Å². The lowest BCUT2D eigenvalue weighted by atomic mass is 10.2. The Morgan fingerprint density at radius 3 is 2.50 bits per heavy atom. The molecule has 0 saturated heterocycles. The molecular formula is C15H21N3O2. The number of hydrogen-bond acceptors (Lipinski definition) is 4. The quantitative estimate of drug-likeness (QED) is 0.877. The van der Waals surface area contributed by atoms with Crippen LogP contribution >= 0.6 is 0 Å². The van der Waals surface area contributed by atoms with Crippen LogP contribution in [-0.2, 0) is 6.42 Å². The summed E-state index contributed by atoms with van der Waals surface area (Å²) in [7, 11) is 0. The Balaban J connectivity index is 2.34. The van der Waals surface area contributed by atoms with Gasteiger partial charge in [0.1, 0.15) is 12.4 Å². The summed E-state index contributed by atoms with van der Waals surface area (Å²) < 4.78 is 7.28. The summed E-state index contributed by atoms with van der Waals surface area (Å²) in [5, 5.41) is 14.2. The van der Waals surface area contributed by atoms with Crippen molar-refractivity contribution in [2.75, 3.05) is 12.3 Å². The number of ether oxygens (including phenoxy) is 1. The first-order valence-corrected chi connectivity index (χ1v) is 6.70. The standard InChI is InChI=1S/C15H21N3O2/c1-4-12-13(16)18(11-8-6-5-7-9-11)17-14(12)20-10-15(2,3)19/h5-9,19H,4,10,16H2,1-3H3. The van der Waals surface area contributed by atoms with Crippen LogP contribution in [0, 0.1) is 0 Å². The Bertz CT molecular complexity index is 571. The number of benzene rings is 1. The van der Waals surface area contributed by atoms with E-state index < -0.39 is 5.60 Å². The second-order valence-electron chi connectivity index (χ2n) is 5.37. The van der Waals surface area contributed by atoms with Gasteiger partial charge in [0, 0.05) is 0 Å². The summed E-state index contributed by atoms with van der Waals surface area (Å²) in [4.78, 5) is 0. The summed E-state index contributed by atoms with van der Waals surface area (Å²) in [6, 6.07) is 9.67. The van der Waals surface area contributed by atoms with Crippen molar-refractivity contribution in [3.05, 3.63) is 35.9 Å². The van der Waals surface area contributed by atoms with E-state index in [2.05, 4.69) is 5.10 Å². The van der Waals surface area contributed by atoms with E-state index in [0.717, 1.165) is 17.7 Å². The van der Waals surface area contributed by atoms with Crippen LogP contribution in [0.5, 0.6) is 5.88 Å². The van der Waals surface area contributed by atoms with Crippen molar-refractivity contribution in [1.82, 2.24) is 9.78 Å². The Kier molecular flexibility index (Phi) is 3.99. The number of nitrogens with two attached hydrogens (primary N) is 1. The summed E-state index contributed by atoms with van der Waals surface area (Å²) in [5.74, 6) is 1.06.